The molecule has 4 heteroatoms. The number of likely N-dealkylation sites (N-methyl/N-ethyl adjacent to an activating group) is 1. The molecule has 2 saturated carbocycles. The van der Waals surface area contributed by atoms with Gasteiger partial charge in [-0.2, -0.15) is 0 Å². The van der Waals surface area contributed by atoms with Gasteiger partial charge in [-0.3, -0.25) is 14.7 Å². The van der Waals surface area contributed by atoms with Crippen LogP contribution >= 0.6 is 0 Å². The summed E-state index contributed by atoms with van der Waals surface area (Å²) in [7, 11) is 1.99. The van der Waals surface area contributed by atoms with Gasteiger partial charge in [-0.05, 0) is 49.8 Å². The van der Waals surface area contributed by atoms with Gasteiger partial charge in [0.2, 0.25) is 5.91 Å². The van der Waals surface area contributed by atoms with Crippen molar-refractivity contribution < 1.29 is 4.79 Å². The number of nitrogens with zero attached hydrogens (tertiary/aromatic N) is 2. The molecular weight excluding hydrogens is 262 g/mol. The maximum Gasteiger partial charge on any atom is 0.234 e. The summed E-state index contributed by atoms with van der Waals surface area (Å²) in [5.41, 5.74) is 1.14. The van der Waals surface area contributed by atoms with Gasteiger partial charge < -0.3 is 5.32 Å². The van der Waals surface area contributed by atoms with Crippen LogP contribution in [0.2, 0.25) is 0 Å². The number of hydrogen-bond acceptors (Lipinski definition) is 3. The normalized spacial score (nSPS) is 27.8. The van der Waals surface area contributed by atoms with Crippen LogP contribution in [-0.2, 0) is 11.3 Å². The van der Waals surface area contributed by atoms with E-state index in [9.17, 15) is 4.79 Å². The van der Waals surface area contributed by atoms with E-state index in [4.69, 9.17) is 0 Å². The number of carbonyl (C=O) groups excluding carboxylic acids is 1. The Labute approximate surface area is 126 Å². The Morgan fingerprint density at radius 3 is 3.10 bits per heavy atom. The van der Waals surface area contributed by atoms with Gasteiger partial charge in [0.25, 0.3) is 0 Å². The number of fused-ring (bicyclic) bond motifs is 1. The first kappa shape index (κ1) is 14.5. The Bertz CT molecular complexity index is 476. The highest BCUT2D eigenvalue weighted by Crippen LogP contribution is 2.43. The molecule has 0 unspecified atom stereocenters. The van der Waals surface area contributed by atoms with Crippen molar-refractivity contribution in [2.24, 2.45) is 11.8 Å². The maximum atomic E-state index is 12.2. The maximum absolute atomic E-state index is 12.2. The number of aromatic nitrogens is 1. The first-order chi connectivity index (χ1) is 10.2. The van der Waals surface area contributed by atoms with Crippen molar-refractivity contribution in [2.75, 3.05) is 13.6 Å². The third-order valence-corrected chi connectivity index (χ3v) is 5.02. The van der Waals surface area contributed by atoms with Gasteiger partial charge in [-0.1, -0.05) is 18.9 Å². The summed E-state index contributed by atoms with van der Waals surface area (Å²) in [5, 5.41) is 3.27. The third-order valence-electron chi connectivity index (χ3n) is 5.02. The first-order valence-corrected chi connectivity index (χ1v) is 8.09. The largest absolute Gasteiger partial charge is 0.352 e. The first-order valence-electron chi connectivity index (χ1n) is 8.09. The minimum Gasteiger partial charge on any atom is -0.352 e. The molecule has 21 heavy (non-hydrogen) atoms. The Hall–Kier alpha value is -1.42. The highest BCUT2D eigenvalue weighted by atomic mass is 16.2. The minimum absolute atomic E-state index is 0.166. The molecule has 0 spiro atoms. The molecule has 0 bridgehead atoms. The van der Waals surface area contributed by atoms with E-state index in [1.54, 1.807) is 6.20 Å². The van der Waals surface area contributed by atoms with Gasteiger partial charge in [-0.15, -0.1) is 0 Å². The van der Waals surface area contributed by atoms with E-state index in [1.165, 1.54) is 32.1 Å². The second kappa shape index (κ2) is 6.56. The zero-order chi connectivity index (χ0) is 14.7. The molecule has 2 fully saturated rings. The van der Waals surface area contributed by atoms with Crippen LogP contribution in [0.3, 0.4) is 0 Å². The van der Waals surface area contributed by atoms with Crippen LogP contribution in [0.1, 0.15) is 37.7 Å². The molecule has 4 nitrogen and oxygen atoms in total. The molecule has 1 heterocycles. The molecule has 0 aliphatic heterocycles. The van der Waals surface area contributed by atoms with Crippen LogP contribution in [0.15, 0.2) is 24.5 Å². The van der Waals surface area contributed by atoms with Crippen LogP contribution in [0.25, 0.3) is 0 Å². The lowest BCUT2D eigenvalue weighted by Gasteiger charge is -2.22. The monoisotopic (exact) mass is 287 g/mol. The summed E-state index contributed by atoms with van der Waals surface area (Å²) in [6, 6.07) is 4.40. The molecule has 114 valence electrons. The van der Waals surface area contributed by atoms with Crippen molar-refractivity contribution in [3.63, 3.8) is 0 Å². The summed E-state index contributed by atoms with van der Waals surface area (Å²) in [6.45, 7) is 1.22. The van der Waals surface area contributed by atoms with Crippen LogP contribution in [0.4, 0.5) is 0 Å². The Kier molecular flexibility index (Phi) is 4.54. The fraction of sp³-hybridized carbons (Fsp3) is 0.647. The quantitative estimate of drug-likeness (QED) is 0.903. The SMILES string of the molecule is CN(CC(=O)N[C@H]1CC[C@@H]2CCC[C@@H]21)Cc1cccnc1. The van der Waals surface area contributed by atoms with E-state index >= 15 is 0 Å². The molecule has 0 aromatic carbocycles. The van der Waals surface area contributed by atoms with Crippen molar-refractivity contribution in [2.45, 2.75) is 44.7 Å². The van der Waals surface area contributed by atoms with E-state index in [2.05, 4.69) is 10.3 Å². The molecule has 0 saturated heterocycles. The molecule has 1 amide bonds. The number of nitrogens with one attached hydrogen (secondary N) is 1. The molecule has 3 rings (SSSR count). The Balaban J connectivity index is 1.45. The topological polar surface area (TPSA) is 45.2 Å². The zero-order valence-corrected chi connectivity index (χ0v) is 12.8. The summed E-state index contributed by atoms with van der Waals surface area (Å²) >= 11 is 0. The minimum atomic E-state index is 0.166. The number of amides is 1. The van der Waals surface area contributed by atoms with Gasteiger partial charge in [0.1, 0.15) is 0 Å². The summed E-state index contributed by atoms with van der Waals surface area (Å²) < 4.78 is 0. The van der Waals surface area contributed by atoms with Crippen LogP contribution in [-0.4, -0.2) is 35.4 Å². The van der Waals surface area contributed by atoms with Crippen molar-refractivity contribution in [1.82, 2.24) is 15.2 Å². The number of pyridine rings is 1. The molecule has 1 aromatic heterocycles. The number of carbonyl (C=O) groups is 1. The van der Waals surface area contributed by atoms with E-state index < -0.39 is 0 Å². The molecule has 1 N–H and O–H groups in total. The summed E-state index contributed by atoms with van der Waals surface area (Å²) in [6.07, 6.45) is 10.1. The second-order valence-corrected chi connectivity index (χ2v) is 6.64. The predicted molar refractivity (Wildman–Crippen MR) is 82.6 cm³/mol. The zero-order valence-electron chi connectivity index (χ0n) is 12.8. The van der Waals surface area contributed by atoms with E-state index in [0.29, 0.717) is 12.6 Å². The van der Waals surface area contributed by atoms with Crippen molar-refractivity contribution in [1.29, 1.82) is 0 Å². The highest BCUT2D eigenvalue weighted by Gasteiger charge is 2.39. The smallest absolute Gasteiger partial charge is 0.234 e. The van der Waals surface area contributed by atoms with Gasteiger partial charge >= 0.3 is 0 Å². The van der Waals surface area contributed by atoms with Gasteiger partial charge in [0, 0.05) is 25.0 Å². The Morgan fingerprint density at radius 2 is 2.29 bits per heavy atom. The second-order valence-electron chi connectivity index (χ2n) is 6.64. The summed E-state index contributed by atoms with van der Waals surface area (Å²) in [4.78, 5) is 18.4. The van der Waals surface area contributed by atoms with Gasteiger partial charge in [0.05, 0.1) is 6.54 Å². The molecule has 0 radical (unpaired) electrons. The lowest BCUT2D eigenvalue weighted by atomic mass is 9.98. The molecular formula is C17H25N3O. The summed E-state index contributed by atoms with van der Waals surface area (Å²) in [5.74, 6) is 1.79. The number of hydrogen-bond donors (Lipinski definition) is 1. The lowest BCUT2D eigenvalue weighted by Crippen LogP contribution is -2.42. The van der Waals surface area contributed by atoms with Gasteiger partial charge in [-0.25, -0.2) is 0 Å². The van der Waals surface area contributed by atoms with Crippen molar-refractivity contribution in [3.05, 3.63) is 30.1 Å². The van der Waals surface area contributed by atoms with Crippen LogP contribution < -0.4 is 5.32 Å². The molecule has 2 aliphatic rings. The highest BCUT2D eigenvalue weighted by molar-refractivity contribution is 5.78. The molecule has 3 atom stereocenters. The fourth-order valence-electron chi connectivity index (χ4n) is 4.10. The van der Waals surface area contributed by atoms with E-state index in [-0.39, 0.29) is 5.91 Å². The average Bonchev–Trinajstić information content (AvgIpc) is 3.05. The van der Waals surface area contributed by atoms with E-state index in [1.807, 2.05) is 30.3 Å². The average molecular weight is 287 g/mol. The number of rotatable bonds is 5. The van der Waals surface area contributed by atoms with Crippen LogP contribution in [0, 0.1) is 11.8 Å². The third kappa shape index (κ3) is 3.62. The van der Waals surface area contributed by atoms with Crippen molar-refractivity contribution in [3.8, 4) is 0 Å². The standard InChI is InChI=1S/C17H25N3O/c1-20(11-13-4-3-9-18-10-13)12-17(21)19-16-8-7-14-5-2-6-15(14)16/h3-4,9-10,14-16H,2,5-8,11-12H2,1H3,(H,19,21)/t14-,15-,16-/m0/s1. The fourth-order valence-corrected chi connectivity index (χ4v) is 4.10. The van der Waals surface area contributed by atoms with E-state index in [0.717, 1.165) is 23.9 Å². The van der Waals surface area contributed by atoms with Crippen LogP contribution in [0.5, 0.6) is 0 Å². The lowest BCUT2D eigenvalue weighted by molar-refractivity contribution is -0.123. The van der Waals surface area contributed by atoms with Crippen molar-refractivity contribution >= 4 is 5.91 Å². The predicted octanol–water partition coefficient (Wildman–Crippen LogP) is 2.21. The molecule has 1 aromatic rings. The van der Waals surface area contributed by atoms with Gasteiger partial charge in [0.15, 0.2) is 0 Å². The molecule has 2 aliphatic carbocycles. The Morgan fingerprint density at radius 1 is 1.38 bits per heavy atom.